The van der Waals surface area contributed by atoms with Gasteiger partial charge in [-0.2, -0.15) is 11.8 Å². The molecule has 1 atom stereocenters. The van der Waals surface area contributed by atoms with E-state index >= 15 is 0 Å². The van der Waals surface area contributed by atoms with E-state index in [1.54, 1.807) is 6.08 Å². The molecule has 1 aliphatic rings. The van der Waals surface area contributed by atoms with Crippen molar-refractivity contribution in [2.24, 2.45) is 0 Å². The van der Waals surface area contributed by atoms with Crippen molar-refractivity contribution < 1.29 is 9.90 Å². The lowest BCUT2D eigenvalue weighted by molar-refractivity contribution is -0.131. The number of hydrogen-bond acceptors (Lipinski definition) is 3. The van der Waals surface area contributed by atoms with E-state index in [1.807, 2.05) is 30.0 Å². The van der Waals surface area contributed by atoms with Gasteiger partial charge >= 0.3 is 5.97 Å². The van der Waals surface area contributed by atoms with Gasteiger partial charge in [0.15, 0.2) is 0 Å². The highest BCUT2D eigenvalue weighted by Gasteiger charge is 2.20. The molecule has 1 aromatic carbocycles. The maximum Gasteiger partial charge on any atom is 0.328 e. The molecule has 1 fully saturated rings. The van der Waals surface area contributed by atoms with E-state index in [-0.39, 0.29) is 0 Å². The molecule has 1 aliphatic heterocycles. The van der Waals surface area contributed by atoms with Crippen molar-refractivity contribution in [2.45, 2.75) is 18.6 Å². The number of thioether (sulfide) groups is 1. The summed E-state index contributed by atoms with van der Waals surface area (Å²) in [7, 11) is 0. The maximum absolute atomic E-state index is 10.7. The molecule has 108 valence electrons. The topological polar surface area (TPSA) is 40.5 Å². The summed E-state index contributed by atoms with van der Waals surface area (Å²) in [6.45, 7) is 4.18. The van der Waals surface area contributed by atoms with Crippen molar-refractivity contribution in [3.8, 4) is 0 Å². The molecule has 20 heavy (non-hydrogen) atoms. The van der Waals surface area contributed by atoms with Crippen LogP contribution in [0.2, 0.25) is 5.02 Å². The van der Waals surface area contributed by atoms with Crippen LogP contribution in [0.15, 0.2) is 24.3 Å². The van der Waals surface area contributed by atoms with Crippen LogP contribution in [0.3, 0.4) is 0 Å². The lowest BCUT2D eigenvalue weighted by Gasteiger charge is -2.34. The molecule has 3 nitrogen and oxygen atoms in total. The number of aliphatic carboxylic acids is 1. The predicted octanol–water partition coefficient (Wildman–Crippen LogP) is 3.77. The normalized spacial score (nSPS) is 19.5. The Hall–Kier alpha value is -1.13. The lowest BCUT2D eigenvalue weighted by atomic mass is 10.1. The van der Waals surface area contributed by atoms with Crippen LogP contribution in [0.25, 0.3) is 6.08 Å². The van der Waals surface area contributed by atoms with Crippen LogP contribution in [0.5, 0.6) is 0 Å². The number of halogens is 1. The van der Waals surface area contributed by atoms with E-state index in [0.717, 1.165) is 42.6 Å². The molecule has 0 aliphatic carbocycles. The average molecular weight is 312 g/mol. The summed E-state index contributed by atoms with van der Waals surface area (Å²) in [5.74, 6) is 0.153. The first-order valence-corrected chi connectivity index (χ1v) is 8.10. The molecule has 2 rings (SSSR count). The van der Waals surface area contributed by atoms with E-state index in [1.165, 1.54) is 0 Å². The van der Waals surface area contributed by atoms with Gasteiger partial charge < -0.3 is 10.0 Å². The van der Waals surface area contributed by atoms with Gasteiger partial charge in [0.25, 0.3) is 0 Å². The van der Waals surface area contributed by atoms with Gasteiger partial charge in [-0.3, -0.25) is 0 Å². The molecular weight excluding hydrogens is 294 g/mol. The van der Waals surface area contributed by atoms with Gasteiger partial charge in [0.2, 0.25) is 0 Å². The number of carboxylic acids is 1. The first-order chi connectivity index (χ1) is 9.60. The summed E-state index contributed by atoms with van der Waals surface area (Å²) in [6.07, 6.45) is 3.92. The third-order valence-corrected chi connectivity index (χ3v) is 4.94. The summed E-state index contributed by atoms with van der Waals surface area (Å²) in [6, 6.07) is 5.66. The number of rotatable bonds is 4. The molecule has 1 saturated heterocycles. The van der Waals surface area contributed by atoms with Crippen LogP contribution in [0.1, 0.15) is 18.9 Å². The molecular formula is C15H18ClNO2S. The highest BCUT2D eigenvalue weighted by atomic mass is 35.5. The van der Waals surface area contributed by atoms with Gasteiger partial charge in [0.05, 0.1) is 0 Å². The number of benzene rings is 1. The van der Waals surface area contributed by atoms with Gasteiger partial charge in [0, 0.05) is 40.9 Å². The van der Waals surface area contributed by atoms with Crippen LogP contribution >= 0.6 is 23.4 Å². The van der Waals surface area contributed by atoms with Gasteiger partial charge in [-0.25, -0.2) is 4.79 Å². The molecule has 0 amide bonds. The van der Waals surface area contributed by atoms with Gasteiger partial charge in [-0.1, -0.05) is 18.5 Å². The average Bonchev–Trinajstić information content (AvgIpc) is 2.45. The van der Waals surface area contributed by atoms with Crippen molar-refractivity contribution in [2.75, 3.05) is 23.7 Å². The molecule has 1 heterocycles. The smallest absolute Gasteiger partial charge is 0.328 e. The molecule has 1 unspecified atom stereocenters. The molecule has 0 radical (unpaired) electrons. The van der Waals surface area contributed by atoms with Crippen molar-refractivity contribution in [1.29, 1.82) is 0 Å². The van der Waals surface area contributed by atoms with E-state index in [9.17, 15) is 4.79 Å². The molecule has 5 heteroatoms. The number of anilines is 1. The monoisotopic (exact) mass is 311 g/mol. The minimum Gasteiger partial charge on any atom is -0.478 e. The molecule has 0 bridgehead atoms. The van der Waals surface area contributed by atoms with Crippen molar-refractivity contribution in [3.63, 3.8) is 0 Å². The molecule has 0 spiro atoms. The Labute approximate surface area is 128 Å². The predicted molar refractivity (Wildman–Crippen MR) is 86.9 cm³/mol. The molecule has 0 aromatic heterocycles. The fourth-order valence-electron chi connectivity index (χ4n) is 2.29. The van der Waals surface area contributed by atoms with Crippen LogP contribution in [-0.2, 0) is 4.79 Å². The molecule has 1 N–H and O–H groups in total. The van der Waals surface area contributed by atoms with Crippen LogP contribution in [0, 0.1) is 0 Å². The number of carboxylic acid groups (broad SMARTS) is 1. The minimum atomic E-state index is -0.948. The Balaban J connectivity index is 2.28. The van der Waals surface area contributed by atoms with Crippen LogP contribution in [0.4, 0.5) is 5.69 Å². The van der Waals surface area contributed by atoms with Gasteiger partial charge in [-0.05, 0) is 36.3 Å². The first kappa shape index (κ1) is 15.3. The fourth-order valence-corrected chi connectivity index (χ4v) is 3.65. The minimum absolute atomic E-state index is 0.622. The lowest BCUT2D eigenvalue weighted by Crippen LogP contribution is -2.37. The summed E-state index contributed by atoms with van der Waals surface area (Å²) in [4.78, 5) is 13.0. The molecule has 1 aromatic rings. The highest BCUT2D eigenvalue weighted by Crippen LogP contribution is 2.30. The summed E-state index contributed by atoms with van der Waals surface area (Å²) in [5.41, 5.74) is 1.92. The first-order valence-electron chi connectivity index (χ1n) is 6.67. The third kappa shape index (κ3) is 3.93. The van der Waals surface area contributed by atoms with Crippen LogP contribution < -0.4 is 4.90 Å². The van der Waals surface area contributed by atoms with Crippen molar-refractivity contribution >= 4 is 41.1 Å². The van der Waals surface area contributed by atoms with E-state index < -0.39 is 5.97 Å². The van der Waals surface area contributed by atoms with Crippen LogP contribution in [-0.4, -0.2) is 35.2 Å². The Bertz CT molecular complexity index is 519. The Morgan fingerprint density at radius 3 is 3.10 bits per heavy atom. The SMILES string of the molecule is CCC1CN(c2ccc(Cl)cc2/C=C/C(=O)O)CCS1. The standard InChI is InChI=1S/C15H18ClNO2S/c1-2-13-10-17(7-8-20-13)14-5-4-12(16)9-11(14)3-6-15(18)19/h3-6,9,13H,2,7-8,10H2,1H3,(H,18,19)/b6-3+. The number of hydrogen-bond donors (Lipinski definition) is 1. The largest absolute Gasteiger partial charge is 0.478 e. The summed E-state index contributed by atoms with van der Waals surface area (Å²) >= 11 is 8.03. The summed E-state index contributed by atoms with van der Waals surface area (Å²) in [5, 5.41) is 10.0. The van der Waals surface area contributed by atoms with Gasteiger partial charge in [0.1, 0.15) is 0 Å². The summed E-state index contributed by atoms with van der Waals surface area (Å²) < 4.78 is 0. The van der Waals surface area contributed by atoms with Gasteiger partial charge in [-0.15, -0.1) is 0 Å². The fraction of sp³-hybridized carbons (Fsp3) is 0.400. The Morgan fingerprint density at radius 2 is 2.40 bits per heavy atom. The second-order valence-electron chi connectivity index (χ2n) is 4.72. The Morgan fingerprint density at radius 1 is 1.60 bits per heavy atom. The quantitative estimate of drug-likeness (QED) is 0.859. The zero-order chi connectivity index (χ0) is 14.5. The second kappa shape index (κ2) is 7.04. The highest BCUT2D eigenvalue weighted by molar-refractivity contribution is 8.00. The van der Waals surface area contributed by atoms with E-state index in [2.05, 4.69) is 11.8 Å². The zero-order valence-electron chi connectivity index (χ0n) is 11.4. The molecule has 0 saturated carbocycles. The van der Waals surface area contributed by atoms with E-state index in [0.29, 0.717) is 10.3 Å². The second-order valence-corrected chi connectivity index (χ2v) is 6.57. The van der Waals surface area contributed by atoms with E-state index in [4.69, 9.17) is 16.7 Å². The van der Waals surface area contributed by atoms with Crippen molar-refractivity contribution in [1.82, 2.24) is 0 Å². The van der Waals surface area contributed by atoms with Crippen molar-refractivity contribution in [3.05, 3.63) is 34.9 Å². The zero-order valence-corrected chi connectivity index (χ0v) is 13.0. The number of nitrogens with zero attached hydrogens (tertiary/aromatic N) is 1. The third-order valence-electron chi connectivity index (χ3n) is 3.33. The maximum atomic E-state index is 10.7. The Kier molecular flexibility index (Phi) is 5.38. The number of carbonyl (C=O) groups is 1.